The van der Waals surface area contributed by atoms with Crippen molar-refractivity contribution in [3.05, 3.63) is 0 Å². The topological polar surface area (TPSA) is 66.6 Å². The van der Waals surface area contributed by atoms with Crippen molar-refractivity contribution in [2.45, 2.75) is 57.5 Å². The van der Waals surface area contributed by atoms with Crippen LogP contribution in [0.5, 0.6) is 0 Å². The van der Waals surface area contributed by atoms with Crippen LogP contribution in [0.3, 0.4) is 0 Å². The van der Waals surface area contributed by atoms with Crippen LogP contribution in [-0.4, -0.2) is 41.1 Å². The van der Waals surface area contributed by atoms with Gasteiger partial charge in [0.25, 0.3) is 0 Å². The molecule has 1 aliphatic carbocycles. The van der Waals surface area contributed by atoms with Crippen LogP contribution < -0.4 is 5.73 Å². The molecule has 1 unspecified atom stereocenters. The summed E-state index contributed by atoms with van der Waals surface area (Å²) >= 11 is 0. The third-order valence-corrected chi connectivity index (χ3v) is 3.40. The zero-order valence-corrected chi connectivity index (χ0v) is 10.2. The molecule has 0 aromatic rings. The molecule has 4 nitrogen and oxygen atoms in total. The van der Waals surface area contributed by atoms with Gasteiger partial charge in [-0.1, -0.05) is 26.2 Å². The molecule has 0 heterocycles. The first kappa shape index (κ1) is 13.5. The van der Waals surface area contributed by atoms with E-state index in [9.17, 15) is 4.79 Å². The maximum absolute atomic E-state index is 12.1. The summed E-state index contributed by atoms with van der Waals surface area (Å²) in [5.41, 5.74) is 5.78. The van der Waals surface area contributed by atoms with Gasteiger partial charge in [-0.25, -0.2) is 0 Å². The molecule has 1 amide bonds. The normalized spacial score (nSPS) is 19.4. The molecule has 94 valence electrons. The van der Waals surface area contributed by atoms with Gasteiger partial charge in [0, 0.05) is 12.6 Å². The zero-order valence-electron chi connectivity index (χ0n) is 10.2. The van der Waals surface area contributed by atoms with Gasteiger partial charge in [0.15, 0.2) is 0 Å². The summed E-state index contributed by atoms with van der Waals surface area (Å²) in [6, 6.07) is -0.112. The summed E-state index contributed by atoms with van der Waals surface area (Å²) in [5, 5.41) is 9.04. The van der Waals surface area contributed by atoms with Crippen LogP contribution in [0.25, 0.3) is 0 Å². The predicted molar refractivity (Wildman–Crippen MR) is 63.9 cm³/mol. The number of rotatable bonds is 5. The van der Waals surface area contributed by atoms with E-state index in [1.807, 2.05) is 6.92 Å². The van der Waals surface area contributed by atoms with E-state index >= 15 is 0 Å². The van der Waals surface area contributed by atoms with Crippen LogP contribution in [-0.2, 0) is 4.79 Å². The highest BCUT2D eigenvalue weighted by atomic mass is 16.3. The number of carbonyl (C=O) groups excluding carboxylic acids is 1. The lowest BCUT2D eigenvalue weighted by atomic mass is 9.93. The summed E-state index contributed by atoms with van der Waals surface area (Å²) in [6.45, 7) is 2.37. The molecule has 0 aliphatic heterocycles. The highest BCUT2D eigenvalue weighted by Crippen LogP contribution is 2.23. The van der Waals surface area contributed by atoms with E-state index in [1.165, 1.54) is 19.3 Å². The van der Waals surface area contributed by atoms with Gasteiger partial charge in [-0.05, 0) is 19.3 Å². The molecule has 0 radical (unpaired) electrons. The third-order valence-electron chi connectivity index (χ3n) is 3.40. The molecule has 1 atom stereocenters. The van der Waals surface area contributed by atoms with Gasteiger partial charge in [0.1, 0.15) is 0 Å². The van der Waals surface area contributed by atoms with Gasteiger partial charge in [-0.15, -0.1) is 0 Å². The number of amides is 1. The molecule has 0 aromatic heterocycles. The molecule has 1 fully saturated rings. The van der Waals surface area contributed by atoms with E-state index in [-0.39, 0.29) is 12.5 Å². The Labute approximate surface area is 97.8 Å². The maximum atomic E-state index is 12.1. The number of hydrogen-bond acceptors (Lipinski definition) is 3. The molecular weight excluding hydrogens is 204 g/mol. The van der Waals surface area contributed by atoms with Gasteiger partial charge >= 0.3 is 0 Å². The standard InChI is InChI=1S/C12H24N2O2/c1-2-11(13)12(16)14(8-9-15)10-6-4-3-5-7-10/h10-11,15H,2-9,13H2,1H3. The monoisotopic (exact) mass is 228 g/mol. The Morgan fingerprint density at radius 1 is 1.44 bits per heavy atom. The van der Waals surface area contributed by atoms with Crippen LogP contribution in [0, 0.1) is 0 Å². The fourth-order valence-corrected chi connectivity index (χ4v) is 2.36. The summed E-state index contributed by atoms with van der Waals surface area (Å²) in [5.74, 6) is 0.00319. The first-order valence-corrected chi connectivity index (χ1v) is 6.37. The van der Waals surface area contributed by atoms with E-state index in [1.54, 1.807) is 4.90 Å². The van der Waals surface area contributed by atoms with Crippen LogP contribution >= 0.6 is 0 Å². The van der Waals surface area contributed by atoms with Crippen LogP contribution in [0.4, 0.5) is 0 Å². The summed E-state index contributed by atoms with van der Waals surface area (Å²) in [4.78, 5) is 13.9. The molecule has 3 N–H and O–H groups in total. The molecule has 1 saturated carbocycles. The van der Waals surface area contributed by atoms with Crippen molar-refractivity contribution in [1.82, 2.24) is 4.90 Å². The number of nitrogens with zero attached hydrogens (tertiary/aromatic N) is 1. The highest BCUT2D eigenvalue weighted by Gasteiger charge is 2.27. The van der Waals surface area contributed by atoms with Crippen LogP contribution in [0.1, 0.15) is 45.4 Å². The van der Waals surface area contributed by atoms with Crippen molar-refractivity contribution in [2.24, 2.45) is 5.73 Å². The SMILES string of the molecule is CCC(N)C(=O)N(CCO)C1CCCCC1. The quantitative estimate of drug-likeness (QED) is 0.734. The molecule has 16 heavy (non-hydrogen) atoms. The van der Waals surface area contributed by atoms with Gasteiger partial charge in [0.2, 0.25) is 5.91 Å². The third kappa shape index (κ3) is 3.46. The van der Waals surface area contributed by atoms with Gasteiger partial charge < -0.3 is 15.7 Å². The highest BCUT2D eigenvalue weighted by molar-refractivity contribution is 5.81. The average molecular weight is 228 g/mol. The fraction of sp³-hybridized carbons (Fsp3) is 0.917. The number of hydrogen-bond donors (Lipinski definition) is 2. The lowest BCUT2D eigenvalue weighted by Gasteiger charge is -2.35. The second-order valence-corrected chi connectivity index (χ2v) is 4.56. The fourth-order valence-electron chi connectivity index (χ4n) is 2.36. The minimum atomic E-state index is -0.409. The number of aliphatic hydroxyl groups excluding tert-OH is 1. The van der Waals surface area contributed by atoms with E-state index in [4.69, 9.17) is 10.8 Å². The molecule has 0 bridgehead atoms. The lowest BCUT2D eigenvalue weighted by Crippen LogP contribution is -2.50. The largest absolute Gasteiger partial charge is 0.395 e. The van der Waals surface area contributed by atoms with Crippen molar-refractivity contribution in [1.29, 1.82) is 0 Å². The van der Waals surface area contributed by atoms with Crippen LogP contribution in [0.2, 0.25) is 0 Å². The molecule has 0 spiro atoms. The number of carbonyl (C=O) groups is 1. The van der Waals surface area contributed by atoms with Gasteiger partial charge in [0.05, 0.1) is 12.6 Å². The van der Waals surface area contributed by atoms with Crippen molar-refractivity contribution in [3.63, 3.8) is 0 Å². The Kier molecular flexibility index (Phi) is 5.77. The first-order chi connectivity index (χ1) is 7.70. The zero-order chi connectivity index (χ0) is 12.0. The van der Waals surface area contributed by atoms with Crippen molar-refractivity contribution >= 4 is 5.91 Å². The van der Waals surface area contributed by atoms with E-state index in [0.717, 1.165) is 12.8 Å². The summed E-state index contributed by atoms with van der Waals surface area (Å²) < 4.78 is 0. The van der Waals surface area contributed by atoms with E-state index < -0.39 is 6.04 Å². The predicted octanol–water partition coefficient (Wildman–Crippen LogP) is 0.877. The Morgan fingerprint density at radius 3 is 2.56 bits per heavy atom. The van der Waals surface area contributed by atoms with Crippen molar-refractivity contribution < 1.29 is 9.90 Å². The van der Waals surface area contributed by atoms with E-state index in [2.05, 4.69) is 0 Å². The Hall–Kier alpha value is -0.610. The second kappa shape index (κ2) is 6.86. The van der Waals surface area contributed by atoms with Gasteiger partial charge in [-0.3, -0.25) is 4.79 Å². The van der Waals surface area contributed by atoms with E-state index in [0.29, 0.717) is 19.0 Å². The first-order valence-electron chi connectivity index (χ1n) is 6.37. The second-order valence-electron chi connectivity index (χ2n) is 4.56. The molecule has 0 aromatic carbocycles. The summed E-state index contributed by atoms with van der Waals surface area (Å²) in [7, 11) is 0. The van der Waals surface area contributed by atoms with Gasteiger partial charge in [-0.2, -0.15) is 0 Å². The molecule has 4 heteroatoms. The minimum absolute atomic E-state index is 0.00319. The minimum Gasteiger partial charge on any atom is -0.395 e. The number of nitrogens with two attached hydrogens (primary N) is 1. The smallest absolute Gasteiger partial charge is 0.239 e. The summed E-state index contributed by atoms with van der Waals surface area (Å²) in [6.07, 6.45) is 6.40. The van der Waals surface area contributed by atoms with Crippen molar-refractivity contribution in [3.8, 4) is 0 Å². The van der Waals surface area contributed by atoms with Crippen LogP contribution in [0.15, 0.2) is 0 Å². The Balaban J connectivity index is 2.60. The molecule has 1 rings (SSSR count). The van der Waals surface area contributed by atoms with Crippen molar-refractivity contribution in [2.75, 3.05) is 13.2 Å². The number of aliphatic hydroxyl groups is 1. The molecule has 1 aliphatic rings. The Bertz CT molecular complexity index is 215. The molecular formula is C12H24N2O2. The lowest BCUT2D eigenvalue weighted by molar-refractivity contribution is -0.136. The molecule has 0 saturated heterocycles. The maximum Gasteiger partial charge on any atom is 0.239 e. The average Bonchev–Trinajstić information content (AvgIpc) is 2.35. The Morgan fingerprint density at radius 2 is 2.06 bits per heavy atom.